The summed E-state index contributed by atoms with van der Waals surface area (Å²) in [6.45, 7) is 4.81. The molecule has 0 unspecified atom stereocenters. The molecule has 0 spiro atoms. The monoisotopic (exact) mass is 443 g/mol. The Labute approximate surface area is 186 Å². The third kappa shape index (κ3) is 6.63. The number of likely N-dealkylation sites (tertiary alicyclic amines) is 1. The van der Waals surface area contributed by atoms with Gasteiger partial charge in [-0.3, -0.25) is 4.79 Å². The largest absolute Gasteiger partial charge is 0.354 e. The SMILES string of the molecule is CC(=O)NC1CCN(CC[C@@H](CN(C)S(=O)(=O)c2ccccc2)c2ccccc2)CC1. The summed E-state index contributed by atoms with van der Waals surface area (Å²) in [7, 11) is -1.86. The molecule has 1 fully saturated rings. The molecule has 3 rings (SSSR count). The smallest absolute Gasteiger partial charge is 0.242 e. The fourth-order valence-electron chi connectivity index (χ4n) is 4.20. The van der Waals surface area contributed by atoms with Crippen LogP contribution in [-0.4, -0.2) is 62.8 Å². The number of hydrogen-bond donors (Lipinski definition) is 1. The molecule has 0 aliphatic carbocycles. The molecule has 1 saturated heterocycles. The first kappa shape index (κ1) is 23.4. The Balaban J connectivity index is 1.64. The second-order valence-electron chi connectivity index (χ2n) is 8.31. The van der Waals surface area contributed by atoms with Crippen molar-refractivity contribution in [2.45, 2.75) is 43.0 Å². The number of sulfonamides is 1. The molecule has 6 nitrogen and oxygen atoms in total. The van der Waals surface area contributed by atoms with Crippen LogP contribution in [0.25, 0.3) is 0 Å². The van der Waals surface area contributed by atoms with Crippen LogP contribution in [0.15, 0.2) is 65.6 Å². The fourth-order valence-corrected chi connectivity index (χ4v) is 5.43. The Morgan fingerprint density at radius 1 is 1.06 bits per heavy atom. The van der Waals surface area contributed by atoms with E-state index in [0.717, 1.165) is 44.5 Å². The summed E-state index contributed by atoms with van der Waals surface area (Å²) in [5, 5.41) is 3.01. The van der Waals surface area contributed by atoms with Gasteiger partial charge < -0.3 is 10.2 Å². The van der Waals surface area contributed by atoms with Crippen molar-refractivity contribution in [3.8, 4) is 0 Å². The number of amides is 1. The maximum Gasteiger partial charge on any atom is 0.242 e. The lowest BCUT2D eigenvalue weighted by molar-refractivity contribution is -0.119. The van der Waals surface area contributed by atoms with E-state index in [1.54, 1.807) is 38.2 Å². The minimum atomic E-state index is -3.52. The molecule has 0 bridgehead atoms. The van der Waals surface area contributed by atoms with Crippen molar-refractivity contribution in [3.05, 3.63) is 66.2 Å². The lowest BCUT2D eigenvalue weighted by Gasteiger charge is -2.33. The first-order chi connectivity index (χ1) is 14.9. The van der Waals surface area contributed by atoms with E-state index in [2.05, 4.69) is 22.3 Å². The number of piperidine rings is 1. The highest BCUT2D eigenvalue weighted by Gasteiger charge is 2.26. The number of likely N-dealkylation sites (N-methyl/N-ethyl adjacent to an activating group) is 1. The average Bonchev–Trinajstić information content (AvgIpc) is 2.78. The van der Waals surface area contributed by atoms with E-state index in [9.17, 15) is 13.2 Å². The Bertz CT molecular complexity index is 927. The zero-order chi connectivity index (χ0) is 22.3. The van der Waals surface area contributed by atoms with Crippen LogP contribution >= 0.6 is 0 Å². The van der Waals surface area contributed by atoms with Crippen molar-refractivity contribution < 1.29 is 13.2 Å². The van der Waals surface area contributed by atoms with Gasteiger partial charge in [-0.25, -0.2) is 12.7 Å². The predicted molar refractivity (Wildman–Crippen MR) is 123 cm³/mol. The molecule has 31 heavy (non-hydrogen) atoms. The molecule has 1 heterocycles. The van der Waals surface area contributed by atoms with Gasteiger partial charge in [0.15, 0.2) is 0 Å². The Morgan fingerprint density at radius 3 is 2.23 bits per heavy atom. The summed E-state index contributed by atoms with van der Waals surface area (Å²) < 4.78 is 27.5. The van der Waals surface area contributed by atoms with Gasteiger partial charge in [-0.15, -0.1) is 0 Å². The van der Waals surface area contributed by atoms with Gasteiger partial charge in [0.1, 0.15) is 0 Å². The van der Waals surface area contributed by atoms with E-state index in [4.69, 9.17) is 0 Å². The van der Waals surface area contributed by atoms with Crippen LogP contribution in [0.1, 0.15) is 37.7 Å². The lowest BCUT2D eigenvalue weighted by Crippen LogP contribution is -2.44. The summed E-state index contributed by atoms with van der Waals surface area (Å²) in [4.78, 5) is 14.0. The molecule has 1 N–H and O–H groups in total. The van der Waals surface area contributed by atoms with Crippen LogP contribution in [0, 0.1) is 0 Å². The van der Waals surface area contributed by atoms with Gasteiger partial charge >= 0.3 is 0 Å². The molecule has 7 heteroatoms. The van der Waals surface area contributed by atoms with Gasteiger partial charge in [-0.1, -0.05) is 48.5 Å². The van der Waals surface area contributed by atoms with Crippen molar-refractivity contribution in [2.75, 3.05) is 33.2 Å². The topological polar surface area (TPSA) is 69.7 Å². The van der Waals surface area contributed by atoms with E-state index in [1.165, 1.54) is 4.31 Å². The highest BCUT2D eigenvalue weighted by molar-refractivity contribution is 7.89. The molecule has 2 aromatic rings. The highest BCUT2D eigenvalue weighted by Crippen LogP contribution is 2.25. The fraction of sp³-hybridized carbons (Fsp3) is 0.458. The number of carbonyl (C=O) groups excluding carboxylic acids is 1. The molecule has 0 aromatic heterocycles. The van der Waals surface area contributed by atoms with Gasteiger partial charge in [0.05, 0.1) is 4.90 Å². The minimum absolute atomic E-state index is 0.0326. The van der Waals surface area contributed by atoms with Crippen molar-refractivity contribution >= 4 is 15.9 Å². The van der Waals surface area contributed by atoms with Crippen LogP contribution in [0.3, 0.4) is 0 Å². The zero-order valence-corrected chi connectivity index (χ0v) is 19.2. The molecule has 1 aliphatic rings. The van der Waals surface area contributed by atoms with Gasteiger partial charge in [0, 0.05) is 39.6 Å². The number of carbonyl (C=O) groups is 1. The van der Waals surface area contributed by atoms with Crippen LogP contribution in [0.5, 0.6) is 0 Å². The Hall–Kier alpha value is -2.22. The summed E-state index contributed by atoms with van der Waals surface area (Å²) in [5.74, 6) is 0.142. The summed E-state index contributed by atoms with van der Waals surface area (Å²) in [6.07, 6.45) is 2.79. The van der Waals surface area contributed by atoms with Crippen molar-refractivity contribution in [2.24, 2.45) is 0 Å². The molecule has 2 aromatic carbocycles. The number of nitrogens with zero attached hydrogens (tertiary/aromatic N) is 2. The maximum absolute atomic E-state index is 13.0. The minimum Gasteiger partial charge on any atom is -0.354 e. The molecule has 168 valence electrons. The quantitative estimate of drug-likeness (QED) is 0.647. The number of rotatable bonds is 9. The van der Waals surface area contributed by atoms with E-state index in [-0.39, 0.29) is 17.9 Å². The van der Waals surface area contributed by atoms with E-state index in [1.807, 2.05) is 24.3 Å². The Morgan fingerprint density at radius 2 is 1.65 bits per heavy atom. The van der Waals surface area contributed by atoms with Gasteiger partial charge in [0.2, 0.25) is 15.9 Å². The lowest BCUT2D eigenvalue weighted by atomic mass is 9.94. The zero-order valence-electron chi connectivity index (χ0n) is 18.4. The predicted octanol–water partition coefficient (Wildman–Crippen LogP) is 3.08. The van der Waals surface area contributed by atoms with Gasteiger partial charge in [-0.2, -0.15) is 0 Å². The third-order valence-corrected chi connectivity index (χ3v) is 7.83. The standard InChI is InChI=1S/C24H33N3O3S/c1-20(28)25-23-14-17-27(18-15-23)16-13-22(21-9-5-3-6-10-21)19-26(2)31(29,30)24-11-7-4-8-12-24/h3-12,22-23H,13-19H2,1-2H3,(H,25,28)/t22-/m0/s1. The molecule has 1 amide bonds. The molecule has 1 atom stereocenters. The number of benzene rings is 2. The molecular weight excluding hydrogens is 410 g/mol. The maximum atomic E-state index is 13.0. The number of hydrogen-bond acceptors (Lipinski definition) is 4. The van der Waals surface area contributed by atoms with Crippen molar-refractivity contribution in [3.63, 3.8) is 0 Å². The molecule has 0 radical (unpaired) electrons. The second kappa shape index (κ2) is 10.9. The van der Waals surface area contributed by atoms with E-state index >= 15 is 0 Å². The normalized spacial score (nSPS) is 16.9. The number of nitrogens with one attached hydrogen (secondary N) is 1. The summed E-state index contributed by atoms with van der Waals surface area (Å²) in [6, 6.07) is 19.0. The second-order valence-corrected chi connectivity index (χ2v) is 10.4. The molecular formula is C24H33N3O3S. The van der Waals surface area contributed by atoms with Crippen LogP contribution < -0.4 is 5.32 Å². The van der Waals surface area contributed by atoms with E-state index < -0.39 is 10.0 Å². The van der Waals surface area contributed by atoms with Crippen molar-refractivity contribution in [1.82, 2.24) is 14.5 Å². The van der Waals surface area contributed by atoms with Crippen LogP contribution in [0.4, 0.5) is 0 Å². The van der Waals surface area contributed by atoms with Crippen LogP contribution in [-0.2, 0) is 14.8 Å². The van der Waals surface area contributed by atoms with Crippen LogP contribution in [0.2, 0.25) is 0 Å². The first-order valence-electron chi connectivity index (χ1n) is 10.9. The molecule has 0 saturated carbocycles. The van der Waals surface area contributed by atoms with Gasteiger partial charge in [-0.05, 0) is 49.4 Å². The first-order valence-corrected chi connectivity index (χ1v) is 12.4. The summed E-state index contributed by atoms with van der Waals surface area (Å²) >= 11 is 0. The summed E-state index contributed by atoms with van der Waals surface area (Å²) in [5.41, 5.74) is 1.16. The van der Waals surface area contributed by atoms with Gasteiger partial charge in [0.25, 0.3) is 0 Å². The van der Waals surface area contributed by atoms with E-state index in [0.29, 0.717) is 11.4 Å². The average molecular weight is 444 g/mol. The molecule has 1 aliphatic heterocycles. The van der Waals surface area contributed by atoms with Crippen molar-refractivity contribution in [1.29, 1.82) is 0 Å². The highest BCUT2D eigenvalue weighted by atomic mass is 32.2. The Kier molecular flexibility index (Phi) is 8.23. The third-order valence-electron chi connectivity index (χ3n) is 5.99.